The summed E-state index contributed by atoms with van der Waals surface area (Å²) in [6.45, 7) is 2.24. The Morgan fingerprint density at radius 1 is 1.45 bits per heavy atom. The topological polar surface area (TPSA) is 109 Å². The zero-order chi connectivity index (χ0) is 23.4. The van der Waals surface area contributed by atoms with Gasteiger partial charge in [0.1, 0.15) is 17.2 Å². The summed E-state index contributed by atoms with van der Waals surface area (Å²) >= 11 is 2.93. The number of ether oxygens (including phenoxy) is 1. The van der Waals surface area contributed by atoms with Crippen LogP contribution in [0.15, 0.2) is 29.1 Å². The molecular weight excluding hydrogens is 458 g/mol. The Morgan fingerprint density at radius 2 is 2.30 bits per heavy atom. The van der Waals surface area contributed by atoms with Crippen molar-refractivity contribution >= 4 is 45.8 Å². The minimum absolute atomic E-state index is 0.278. The predicted octanol–water partition coefficient (Wildman–Crippen LogP) is 4.16. The van der Waals surface area contributed by atoms with Gasteiger partial charge < -0.3 is 15.4 Å². The SMILES string of the molecule is Cc1nn(C)cc1CNC(=O)OC1CCc2c(sc(NC(=O)C=Cc3ccsc3)c2C#N)C1. The number of aromatic nitrogens is 2. The molecule has 8 nitrogen and oxygen atoms in total. The average molecular weight is 482 g/mol. The number of nitriles is 1. The second kappa shape index (κ2) is 10.0. The first-order valence-electron chi connectivity index (χ1n) is 10.4. The average Bonchev–Trinajstić information content (AvgIpc) is 3.49. The summed E-state index contributed by atoms with van der Waals surface area (Å²) in [6.07, 6.45) is 6.08. The number of fused-ring (bicyclic) bond motifs is 1. The molecule has 1 unspecified atom stereocenters. The van der Waals surface area contributed by atoms with E-state index in [0.29, 0.717) is 36.4 Å². The molecule has 0 aliphatic heterocycles. The lowest BCUT2D eigenvalue weighted by Crippen LogP contribution is -2.31. The van der Waals surface area contributed by atoms with Crippen LogP contribution in [-0.2, 0) is 36.0 Å². The van der Waals surface area contributed by atoms with Crippen LogP contribution >= 0.6 is 22.7 Å². The molecule has 2 amide bonds. The summed E-state index contributed by atoms with van der Waals surface area (Å²) in [4.78, 5) is 25.6. The van der Waals surface area contributed by atoms with Gasteiger partial charge in [-0.25, -0.2) is 4.79 Å². The molecule has 1 atom stereocenters. The van der Waals surface area contributed by atoms with Gasteiger partial charge >= 0.3 is 6.09 Å². The third kappa shape index (κ3) is 5.50. The lowest BCUT2D eigenvalue weighted by molar-refractivity contribution is -0.111. The van der Waals surface area contributed by atoms with E-state index in [-0.39, 0.29) is 12.0 Å². The van der Waals surface area contributed by atoms with Gasteiger partial charge in [-0.05, 0) is 53.8 Å². The number of amides is 2. The van der Waals surface area contributed by atoms with E-state index in [1.807, 2.05) is 37.0 Å². The highest BCUT2D eigenvalue weighted by Crippen LogP contribution is 2.38. The Balaban J connectivity index is 1.36. The molecule has 0 saturated carbocycles. The van der Waals surface area contributed by atoms with Crippen LogP contribution in [0.4, 0.5) is 9.80 Å². The molecule has 3 heterocycles. The molecule has 33 heavy (non-hydrogen) atoms. The second-order valence-corrected chi connectivity index (χ2v) is 9.62. The van der Waals surface area contributed by atoms with Gasteiger partial charge in [-0.3, -0.25) is 9.48 Å². The van der Waals surface area contributed by atoms with Crippen LogP contribution in [0, 0.1) is 18.3 Å². The van der Waals surface area contributed by atoms with Gasteiger partial charge in [-0.15, -0.1) is 11.3 Å². The number of carbonyl (C=O) groups is 2. The summed E-state index contributed by atoms with van der Waals surface area (Å²) in [6, 6.07) is 4.15. The summed E-state index contributed by atoms with van der Waals surface area (Å²) < 4.78 is 7.32. The Morgan fingerprint density at radius 3 is 3.00 bits per heavy atom. The maximum Gasteiger partial charge on any atom is 0.407 e. The summed E-state index contributed by atoms with van der Waals surface area (Å²) in [7, 11) is 1.83. The van der Waals surface area contributed by atoms with Crippen molar-refractivity contribution in [2.24, 2.45) is 7.05 Å². The summed E-state index contributed by atoms with van der Waals surface area (Å²) in [5.74, 6) is -0.283. The number of alkyl carbamates (subject to hydrolysis) is 1. The third-order valence-electron chi connectivity index (χ3n) is 5.35. The lowest BCUT2D eigenvalue weighted by Gasteiger charge is -2.22. The molecule has 0 saturated heterocycles. The van der Waals surface area contributed by atoms with Crippen molar-refractivity contribution in [3.8, 4) is 6.07 Å². The number of hydrogen-bond donors (Lipinski definition) is 2. The van der Waals surface area contributed by atoms with E-state index in [1.54, 1.807) is 22.1 Å². The maximum absolute atomic E-state index is 12.3. The number of nitrogens with one attached hydrogen (secondary N) is 2. The molecule has 3 aromatic rings. The molecule has 4 rings (SSSR count). The van der Waals surface area contributed by atoms with Crippen LogP contribution in [-0.4, -0.2) is 27.9 Å². The molecule has 0 fully saturated rings. The van der Waals surface area contributed by atoms with E-state index in [9.17, 15) is 14.9 Å². The van der Waals surface area contributed by atoms with E-state index in [2.05, 4.69) is 21.8 Å². The largest absolute Gasteiger partial charge is 0.446 e. The zero-order valence-electron chi connectivity index (χ0n) is 18.3. The third-order valence-corrected chi connectivity index (χ3v) is 7.22. The molecule has 170 valence electrons. The second-order valence-electron chi connectivity index (χ2n) is 7.74. The quantitative estimate of drug-likeness (QED) is 0.514. The van der Waals surface area contributed by atoms with Crippen molar-refractivity contribution in [2.75, 3.05) is 5.32 Å². The molecule has 0 bridgehead atoms. The van der Waals surface area contributed by atoms with E-state index in [4.69, 9.17) is 4.74 Å². The number of nitrogens with zero attached hydrogens (tertiary/aromatic N) is 3. The van der Waals surface area contributed by atoms with Gasteiger partial charge in [0.25, 0.3) is 0 Å². The molecule has 0 radical (unpaired) electrons. The molecule has 10 heteroatoms. The number of carbonyl (C=O) groups excluding carboxylic acids is 2. The minimum atomic E-state index is -0.476. The number of aryl methyl sites for hydroxylation is 2. The van der Waals surface area contributed by atoms with Gasteiger partial charge in [-0.2, -0.15) is 21.7 Å². The van der Waals surface area contributed by atoms with Gasteiger partial charge in [0.15, 0.2) is 0 Å². The fourth-order valence-electron chi connectivity index (χ4n) is 3.74. The molecular formula is C23H23N5O3S2. The van der Waals surface area contributed by atoms with Gasteiger partial charge in [0.05, 0.1) is 11.3 Å². The van der Waals surface area contributed by atoms with Crippen LogP contribution in [0.2, 0.25) is 0 Å². The van der Waals surface area contributed by atoms with Crippen LogP contribution in [0.3, 0.4) is 0 Å². The van der Waals surface area contributed by atoms with Gasteiger partial charge in [-0.1, -0.05) is 0 Å². The molecule has 0 aromatic carbocycles. The monoisotopic (exact) mass is 481 g/mol. The molecule has 3 aromatic heterocycles. The smallest absolute Gasteiger partial charge is 0.407 e. The molecule has 1 aliphatic rings. The number of thiophene rings is 2. The highest BCUT2D eigenvalue weighted by Gasteiger charge is 2.28. The van der Waals surface area contributed by atoms with Crippen LogP contribution < -0.4 is 10.6 Å². The number of rotatable bonds is 6. The summed E-state index contributed by atoms with van der Waals surface area (Å²) in [5, 5.41) is 24.0. The highest BCUT2D eigenvalue weighted by molar-refractivity contribution is 7.16. The Kier molecular flexibility index (Phi) is 6.91. The van der Waals surface area contributed by atoms with Gasteiger partial charge in [0, 0.05) is 42.7 Å². The van der Waals surface area contributed by atoms with E-state index in [0.717, 1.165) is 27.3 Å². The van der Waals surface area contributed by atoms with Crippen LogP contribution in [0.25, 0.3) is 6.08 Å². The predicted molar refractivity (Wildman–Crippen MR) is 128 cm³/mol. The standard InChI is InChI=1S/C23H23N5O3S2/c1-14-16(12-28(2)27-14)11-25-23(30)31-17-4-5-18-19(10-24)22(33-20(18)9-17)26-21(29)6-3-15-7-8-32-13-15/h3,6-8,12-13,17H,4-5,9,11H2,1-2H3,(H,25,30)(H,26,29). The molecule has 1 aliphatic carbocycles. The summed E-state index contributed by atoms with van der Waals surface area (Å²) in [5.41, 5.74) is 4.19. The van der Waals surface area contributed by atoms with Crippen LogP contribution in [0.1, 0.15) is 39.2 Å². The first-order chi connectivity index (χ1) is 15.9. The van der Waals surface area contributed by atoms with Crippen molar-refractivity contribution in [3.05, 3.63) is 61.9 Å². The van der Waals surface area contributed by atoms with Crippen LogP contribution in [0.5, 0.6) is 0 Å². The van der Waals surface area contributed by atoms with Crippen molar-refractivity contribution < 1.29 is 14.3 Å². The van der Waals surface area contributed by atoms with Crippen molar-refractivity contribution in [1.29, 1.82) is 5.26 Å². The fraction of sp³-hybridized carbons (Fsp3) is 0.304. The van der Waals surface area contributed by atoms with E-state index >= 15 is 0 Å². The minimum Gasteiger partial charge on any atom is -0.446 e. The molecule has 2 N–H and O–H groups in total. The first kappa shape index (κ1) is 22.8. The van der Waals surface area contributed by atoms with Crippen molar-refractivity contribution in [3.63, 3.8) is 0 Å². The normalized spacial score (nSPS) is 15.1. The first-order valence-corrected chi connectivity index (χ1v) is 12.2. The maximum atomic E-state index is 12.3. The van der Waals surface area contributed by atoms with E-state index in [1.165, 1.54) is 17.4 Å². The fourth-order valence-corrected chi connectivity index (χ4v) is 5.63. The lowest BCUT2D eigenvalue weighted by atomic mass is 9.94. The van der Waals surface area contributed by atoms with E-state index < -0.39 is 6.09 Å². The van der Waals surface area contributed by atoms with Gasteiger partial charge in [0.2, 0.25) is 5.91 Å². The van der Waals surface area contributed by atoms with Crippen molar-refractivity contribution in [1.82, 2.24) is 15.1 Å². The van der Waals surface area contributed by atoms with Crippen molar-refractivity contribution in [2.45, 2.75) is 38.8 Å². The zero-order valence-corrected chi connectivity index (χ0v) is 19.9. The number of hydrogen-bond acceptors (Lipinski definition) is 7. The Hall–Kier alpha value is -3.42. The molecule has 0 spiro atoms. The Bertz CT molecular complexity index is 1230. The number of anilines is 1. The highest BCUT2D eigenvalue weighted by atomic mass is 32.1. The Labute approximate surface area is 199 Å².